The largest absolute Gasteiger partial charge is 0.493 e. The molecule has 24 heavy (non-hydrogen) atoms. The molecular weight excluding hydrogens is 304 g/mol. The van der Waals surface area contributed by atoms with Gasteiger partial charge in [-0.05, 0) is 38.8 Å². The Hall–Kier alpha value is -2.94. The van der Waals surface area contributed by atoms with Crippen LogP contribution in [0.4, 0.5) is 11.4 Å². The van der Waals surface area contributed by atoms with Gasteiger partial charge in [-0.15, -0.1) is 5.11 Å². The minimum atomic E-state index is -0.445. The first kappa shape index (κ1) is 17.4. The summed E-state index contributed by atoms with van der Waals surface area (Å²) in [7, 11) is 0. The molecule has 0 aliphatic heterocycles. The van der Waals surface area contributed by atoms with Crippen LogP contribution in [0.3, 0.4) is 0 Å². The molecule has 0 atom stereocenters. The van der Waals surface area contributed by atoms with Gasteiger partial charge in [-0.1, -0.05) is 24.6 Å². The van der Waals surface area contributed by atoms with Crippen molar-refractivity contribution in [1.29, 1.82) is 5.26 Å². The van der Waals surface area contributed by atoms with Crippen molar-refractivity contribution in [3.8, 4) is 11.9 Å². The summed E-state index contributed by atoms with van der Waals surface area (Å²) in [6.45, 7) is 7.69. The molecule has 124 valence electrons. The third kappa shape index (κ3) is 3.20. The van der Waals surface area contributed by atoms with Gasteiger partial charge in [0.05, 0.1) is 5.69 Å². The van der Waals surface area contributed by atoms with E-state index in [9.17, 15) is 15.2 Å². The highest BCUT2D eigenvalue weighted by Crippen LogP contribution is 2.28. The third-order valence-corrected chi connectivity index (χ3v) is 3.83. The van der Waals surface area contributed by atoms with Gasteiger partial charge in [-0.3, -0.25) is 9.36 Å². The molecule has 0 bridgehead atoms. The molecule has 0 fully saturated rings. The van der Waals surface area contributed by atoms with Gasteiger partial charge in [0.2, 0.25) is 5.88 Å². The molecule has 0 spiro atoms. The second kappa shape index (κ2) is 7.09. The number of aryl methyl sites for hydroxylation is 2. The fraction of sp³-hybridized carbons (Fsp3) is 0.333. The van der Waals surface area contributed by atoms with E-state index >= 15 is 0 Å². The summed E-state index contributed by atoms with van der Waals surface area (Å²) in [6.07, 6.45) is 0.648. The molecule has 0 saturated carbocycles. The van der Waals surface area contributed by atoms with Gasteiger partial charge in [0.15, 0.2) is 5.69 Å². The molecule has 2 aromatic rings. The molecule has 1 heterocycles. The van der Waals surface area contributed by atoms with Crippen molar-refractivity contribution in [2.75, 3.05) is 0 Å². The first-order chi connectivity index (χ1) is 11.4. The van der Waals surface area contributed by atoms with E-state index in [1.807, 2.05) is 45.0 Å². The summed E-state index contributed by atoms with van der Waals surface area (Å²) in [5, 5.41) is 27.7. The number of azo groups is 1. The van der Waals surface area contributed by atoms with E-state index < -0.39 is 5.56 Å². The lowest BCUT2D eigenvalue weighted by atomic mass is 10.1. The zero-order valence-electron chi connectivity index (χ0n) is 14.3. The van der Waals surface area contributed by atoms with Crippen LogP contribution in [-0.4, -0.2) is 9.67 Å². The SMILES string of the molecule is CCCn1c(O)c(C#N)c(C)c(N=Nc2ccc(C)cc2C)c1=O. The molecule has 1 N–H and O–H groups in total. The zero-order valence-corrected chi connectivity index (χ0v) is 14.3. The maximum atomic E-state index is 12.6. The van der Waals surface area contributed by atoms with Gasteiger partial charge in [-0.25, -0.2) is 0 Å². The molecule has 6 heteroatoms. The summed E-state index contributed by atoms with van der Waals surface area (Å²) in [5.74, 6) is -0.313. The monoisotopic (exact) mass is 324 g/mol. The molecule has 0 amide bonds. The maximum Gasteiger partial charge on any atom is 0.281 e. The zero-order chi connectivity index (χ0) is 17.9. The van der Waals surface area contributed by atoms with Crippen molar-refractivity contribution in [3.05, 3.63) is 50.8 Å². The minimum Gasteiger partial charge on any atom is -0.493 e. The Morgan fingerprint density at radius 2 is 1.96 bits per heavy atom. The van der Waals surface area contributed by atoms with E-state index in [0.29, 0.717) is 24.2 Å². The Balaban J connectivity index is 2.62. The van der Waals surface area contributed by atoms with Crippen LogP contribution in [0.2, 0.25) is 0 Å². The standard InChI is InChI=1S/C18H20N4O2/c1-5-8-22-17(23)14(10-19)13(4)16(18(22)24)21-20-15-7-6-11(2)9-12(15)3/h6-7,9,23H,5,8H2,1-4H3. The van der Waals surface area contributed by atoms with Gasteiger partial charge in [-0.2, -0.15) is 10.4 Å². The van der Waals surface area contributed by atoms with Gasteiger partial charge in [0, 0.05) is 12.1 Å². The number of hydrogen-bond acceptors (Lipinski definition) is 5. The van der Waals surface area contributed by atoms with Crippen molar-refractivity contribution in [2.45, 2.75) is 40.7 Å². The van der Waals surface area contributed by atoms with E-state index in [0.717, 1.165) is 11.1 Å². The number of benzene rings is 1. The average Bonchev–Trinajstić information content (AvgIpc) is 2.53. The van der Waals surface area contributed by atoms with Gasteiger partial charge >= 0.3 is 0 Å². The quantitative estimate of drug-likeness (QED) is 0.855. The highest BCUT2D eigenvalue weighted by atomic mass is 16.3. The highest BCUT2D eigenvalue weighted by molar-refractivity contribution is 5.57. The smallest absolute Gasteiger partial charge is 0.281 e. The fourth-order valence-electron chi connectivity index (χ4n) is 2.51. The molecule has 0 aliphatic carbocycles. The number of rotatable bonds is 4. The lowest BCUT2D eigenvalue weighted by Gasteiger charge is -2.12. The van der Waals surface area contributed by atoms with Crippen LogP contribution < -0.4 is 5.56 Å². The molecule has 0 radical (unpaired) electrons. The average molecular weight is 324 g/mol. The molecular formula is C18H20N4O2. The molecule has 1 aromatic carbocycles. The molecule has 6 nitrogen and oxygen atoms in total. The van der Waals surface area contributed by atoms with Crippen molar-refractivity contribution < 1.29 is 5.11 Å². The van der Waals surface area contributed by atoms with E-state index in [1.54, 1.807) is 6.92 Å². The lowest BCUT2D eigenvalue weighted by molar-refractivity contribution is 0.402. The lowest BCUT2D eigenvalue weighted by Crippen LogP contribution is -2.21. The third-order valence-electron chi connectivity index (χ3n) is 3.83. The van der Waals surface area contributed by atoms with Crippen molar-refractivity contribution >= 4 is 11.4 Å². The van der Waals surface area contributed by atoms with Crippen LogP contribution in [0.15, 0.2) is 33.2 Å². The Bertz CT molecular complexity index is 905. The molecule has 0 unspecified atom stereocenters. The second-order valence-electron chi connectivity index (χ2n) is 5.73. The fourth-order valence-corrected chi connectivity index (χ4v) is 2.51. The van der Waals surface area contributed by atoms with E-state index in [-0.39, 0.29) is 17.1 Å². The van der Waals surface area contributed by atoms with Crippen molar-refractivity contribution in [2.24, 2.45) is 10.2 Å². The maximum absolute atomic E-state index is 12.6. The van der Waals surface area contributed by atoms with Gasteiger partial charge < -0.3 is 5.11 Å². The van der Waals surface area contributed by atoms with E-state index in [2.05, 4.69) is 10.2 Å². The molecule has 0 saturated heterocycles. The molecule has 2 rings (SSSR count). The van der Waals surface area contributed by atoms with Crippen LogP contribution >= 0.6 is 0 Å². The molecule has 0 aliphatic rings. The number of nitriles is 1. The molecule has 1 aromatic heterocycles. The number of nitrogens with zero attached hydrogens (tertiary/aromatic N) is 4. The van der Waals surface area contributed by atoms with Gasteiger partial charge in [0.1, 0.15) is 11.6 Å². The Labute approximate surface area is 140 Å². The first-order valence-electron chi connectivity index (χ1n) is 7.76. The summed E-state index contributed by atoms with van der Waals surface area (Å²) in [4.78, 5) is 12.6. The summed E-state index contributed by atoms with van der Waals surface area (Å²) >= 11 is 0. The van der Waals surface area contributed by atoms with Crippen molar-refractivity contribution in [1.82, 2.24) is 4.57 Å². The van der Waals surface area contributed by atoms with E-state index in [4.69, 9.17) is 0 Å². The summed E-state index contributed by atoms with van der Waals surface area (Å²) in [6, 6.07) is 7.67. The summed E-state index contributed by atoms with van der Waals surface area (Å²) < 4.78 is 1.17. The van der Waals surface area contributed by atoms with Crippen LogP contribution in [0, 0.1) is 32.1 Å². The Kier molecular flexibility index (Phi) is 5.14. The van der Waals surface area contributed by atoms with Gasteiger partial charge in [0.25, 0.3) is 5.56 Å². The van der Waals surface area contributed by atoms with Crippen LogP contribution in [0.5, 0.6) is 5.88 Å². The predicted molar refractivity (Wildman–Crippen MR) is 92.2 cm³/mol. The van der Waals surface area contributed by atoms with Crippen molar-refractivity contribution in [3.63, 3.8) is 0 Å². The Morgan fingerprint density at radius 3 is 2.54 bits per heavy atom. The number of aromatic hydroxyl groups is 1. The highest BCUT2D eigenvalue weighted by Gasteiger charge is 2.18. The predicted octanol–water partition coefficient (Wildman–Crippen LogP) is 4.18. The number of aromatic nitrogens is 1. The number of pyridine rings is 1. The Morgan fingerprint density at radius 1 is 1.25 bits per heavy atom. The topological polar surface area (TPSA) is 90.7 Å². The first-order valence-corrected chi connectivity index (χ1v) is 7.76. The minimum absolute atomic E-state index is 0.0534. The summed E-state index contributed by atoms with van der Waals surface area (Å²) in [5.41, 5.74) is 2.75. The van der Waals surface area contributed by atoms with E-state index in [1.165, 1.54) is 4.57 Å². The van der Waals surface area contributed by atoms with Crippen LogP contribution in [0.25, 0.3) is 0 Å². The second-order valence-corrected chi connectivity index (χ2v) is 5.73. The normalized spacial score (nSPS) is 11.0. The number of hydrogen-bond donors (Lipinski definition) is 1. The van der Waals surface area contributed by atoms with Crippen LogP contribution in [-0.2, 0) is 6.54 Å². The van der Waals surface area contributed by atoms with Crippen LogP contribution in [0.1, 0.15) is 35.6 Å².